The summed E-state index contributed by atoms with van der Waals surface area (Å²) in [6.07, 6.45) is 4.58. The van der Waals surface area contributed by atoms with E-state index in [2.05, 4.69) is 15.7 Å². The molecule has 2 aliphatic rings. The first-order chi connectivity index (χ1) is 4.97. The lowest BCUT2D eigenvalue weighted by Gasteiger charge is -2.14. The summed E-state index contributed by atoms with van der Waals surface area (Å²) in [6.45, 7) is 2.05. The maximum Gasteiger partial charge on any atom is 0.240 e. The smallest absolute Gasteiger partial charge is 0.240 e. The van der Waals surface area contributed by atoms with E-state index in [1.54, 1.807) is 12.4 Å². The molecule has 0 saturated carbocycles. The number of rotatable bonds is 0. The number of aliphatic imine (C=N–C) groups is 1. The highest BCUT2D eigenvalue weighted by Crippen LogP contribution is 2.00. The van der Waals surface area contributed by atoms with Crippen LogP contribution in [0.2, 0.25) is 0 Å². The topological polar surface area (TPSA) is 41.7 Å². The van der Waals surface area contributed by atoms with E-state index in [4.69, 9.17) is 0 Å². The van der Waals surface area contributed by atoms with Crippen LogP contribution in [0.15, 0.2) is 17.4 Å². The van der Waals surface area contributed by atoms with Crippen molar-refractivity contribution in [2.24, 2.45) is 4.99 Å². The maximum atomic E-state index is 4.05. The normalized spacial score (nSPS) is 23.2. The Hall–Kier alpha value is -1.03. The number of hydrogen-bond acceptors (Lipinski definition) is 3. The van der Waals surface area contributed by atoms with E-state index in [1.807, 2.05) is 5.01 Å². The van der Waals surface area contributed by atoms with Gasteiger partial charge in [0.25, 0.3) is 0 Å². The number of hydrogen-bond donors (Lipinski definition) is 1. The molecule has 1 N–H and O–H groups in total. The van der Waals surface area contributed by atoms with Gasteiger partial charge in [0.15, 0.2) is 0 Å². The number of guanidine groups is 1. The summed E-state index contributed by atoms with van der Waals surface area (Å²) in [5.74, 6) is 0.789. The van der Waals surface area contributed by atoms with Crippen LogP contribution in [0.3, 0.4) is 0 Å². The van der Waals surface area contributed by atoms with Gasteiger partial charge < -0.3 is 0 Å². The minimum atomic E-state index is 0.789. The van der Waals surface area contributed by atoms with E-state index < -0.39 is 0 Å². The maximum absolute atomic E-state index is 4.05. The van der Waals surface area contributed by atoms with E-state index in [-0.39, 0.29) is 0 Å². The van der Waals surface area contributed by atoms with Crippen molar-refractivity contribution in [1.82, 2.24) is 15.8 Å². The molecule has 0 aliphatic carbocycles. The third-order valence-electron chi connectivity index (χ3n) is 1.55. The van der Waals surface area contributed by atoms with Gasteiger partial charge in [-0.1, -0.05) is 0 Å². The fraction of sp³-hybridized carbons (Fsp3) is 0.500. The minimum Gasteiger partial charge on any atom is -0.276 e. The molecule has 1 fully saturated rings. The highest BCUT2D eigenvalue weighted by Gasteiger charge is 2.16. The van der Waals surface area contributed by atoms with Crippen LogP contribution in [0.5, 0.6) is 0 Å². The summed E-state index contributed by atoms with van der Waals surface area (Å²) >= 11 is 0. The van der Waals surface area contributed by atoms with Crippen molar-refractivity contribution < 1.29 is 0 Å². The lowest BCUT2D eigenvalue weighted by atomic mass is 10.5. The minimum absolute atomic E-state index is 0.789. The number of hydrazine groups is 1. The van der Waals surface area contributed by atoms with Crippen LogP contribution in [0.25, 0.3) is 0 Å². The predicted octanol–water partition coefficient (Wildman–Crippen LogP) is -0.358. The third kappa shape index (κ3) is 0.863. The molecule has 2 rings (SSSR count). The van der Waals surface area contributed by atoms with Crippen molar-refractivity contribution in [1.29, 1.82) is 0 Å². The molecule has 2 aliphatic heterocycles. The first-order valence-corrected chi connectivity index (χ1v) is 3.41. The molecule has 0 bridgehead atoms. The lowest BCUT2D eigenvalue weighted by Crippen LogP contribution is -2.39. The van der Waals surface area contributed by atoms with Crippen LogP contribution in [-0.4, -0.2) is 24.1 Å². The van der Waals surface area contributed by atoms with Crippen molar-refractivity contribution >= 4 is 5.96 Å². The fourth-order valence-corrected chi connectivity index (χ4v) is 1.07. The molecule has 1 saturated heterocycles. The van der Waals surface area contributed by atoms with Crippen molar-refractivity contribution in [3.05, 3.63) is 12.4 Å². The van der Waals surface area contributed by atoms with Gasteiger partial charge in [0.05, 0.1) is 0 Å². The van der Waals surface area contributed by atoms with Crippen molar-refractivity contribution in [3.63, 3.8) is 0 Å². The molecule has 53 valence electrons. The van der Waals surface area contributed by atoms with Crippen LogP contribution in [-0.2, 0) is 0 Å². The predicted molar refractivity (Wildman–Crippen MR) is 38.0 cm³/mol. The summed E-state index contributed by atoms with van der Waals surface area (Å²) in [6, 6.07) is 0. The van der Waals surface area contributed by atoms with Crippen LogP contribution < -0.4 is 10.7 Å². The molecule has 10 heavy (non-hydrogen) atoms. The zero-order chi connectivity index (χ0) is 6.81. The van der Waals surface area contributed by atoms with E-state index in [0.29, 0.717) is 0 Å². The molecule has 4 heteroatoms. The molecule has 1 radical (unpaired) electrons. The highest BCUT2D eigenvalue weighted by molar-refractivity contribution is 5.82. The Morgan fingerprint density at radius 3 is 3.10 bits per heavy atom. The highest BCUT2D eigenvalue weighted by atomic mass is 15.6. The molecule has 0 amide bonds. The molecular formula is C6H9N4. The van der Waals surface area contributed by atoms with E-state index >= 15 is 0 Å². The second kappa shape index (κ2) is 2.30. The molecule has 0 unspecified atom stereocenters. The first-order valence-electron chi connectivity index (χ1n) is 3.41. The summed E-state index contributed by atoms with van der Waals surface area (Å²) in [7, 11) is 0. The first kappa shape index (κ1) is 5.73. The van der Waals surface area contributed by atoms with Crippen LogP contribution in [0.1, 0.15) is 6.42 Å². The Balaban J connectivity index is 1.99. The van der Waals surface area contributed by atoms with Crippen LogP contribution >= 0.6 is 0 Å². The third-order valence-corrected chi connectivity index (χ3v) is 1.55. The van der Waals surface area contributed by atoms with Gasteiger partial charge in [0, 0.05) is 25.5 Å². The molecule has 0 atom stereocenters. The average Bonchev–Trinajstić information content (AvgIpc) is 2.59. The summed E-state index contributed by atoms with van der Waals surface area (Å²) in [5, 5.41) is 6.02. The number of nitrogens with one attached hydrogen (secondary N) is 1. The van der Waals surface area contributed by atoms with Gasteiger partial charge in [0.1, 0.15) is 0 Å². The Bertz CT molecular complexity index is 178. The standard InChI is InChI=1S/C6H9N4/c1-2-9-10(5-1)6-7-3-4-8-6/h3-4,9H,1-2,5H2. The molecule has 0 aromatic carbocycles. The Morgan fingerprint density at radius 1 is 1.50 bits per heavy atom. The van der Waals surface area contributed by atoms with Crippen molar-refractivity contribution in [3.8, 4) is 0 Å². The van der Waals surface area contributed by atoms with Gasteiger partial charge in [-0.05, 0) is 6.42 Å². The van der Waals surface area contributed by atoms with E-state index in [0.717, 1.165) is 19.0 Å². The van der Waals surface area contributed by atoms with Gasteiger partial charge in [-0.2, -0.15) is 0 Å². The van der Waals surface area contributed by atoms with Gasteiger partial charge in [0.2, 0.25) is 5.96 Å². The molecule has 0 aromatic heterocycles. The van der Waals surface area contributed by atoms with Gasteiger partial charge in [-0.3, -0.25) is 5.01 Å². The summed E-state index contributed by atoms with van der Waals surface area (Å²) < 4.78 is 0. The Kier molecular flexibility index (Phi) is 1.32. The monoisotopic (exact) mass is 137 g/mol. The fourth-order valence-electron chi connectivity index (χ4n) is 1.07. The quantitative estimate of drug-likeness (QED) is 0.495. The van der Waals surface area contributed by atoms with E-state index in [1.165, 1.54) is 6.42 Å². The Morgan fingerprint density at radius 2 is 2.50 bits per heavy atom. The molecule has 4 nitrogen and oxygen atoms in total. The van der Waals surface area contributed by atoms with Crippen molar-refractivity contribution in [2.75, 3.05) is 13.1 Å². The molecule has 2 heterocycles. The molecule has 0 aromatic rings. The zero-order valence-corrected chi connectivity index (χ0v) is 5.62. The Labute approximate surface area is 59.6 Å². The van der Waals surface area contributed by atoms with Gasteiger partial charge in [-0.15, -0.1) is 0 Å². The van der Waals surface area contributed by atoms with Crippen LogP contribution in [0.4, 0.5) is 0 Å². The largest absolute Gasteiger partial charge is 0.276 e. The van der Waals surface area contributed by atoms with Gasteiger partial charge >= 0.3 is 0 Å². The average molecular weight is 137 g/mol. The lowest BCUT2D eigenvalue weighted by molar-refractivity contribution is 0.394. The van der Waals surface area contributed by atoms with Crippen molar-refractivity contribution in [2.45, 2.75) is 6.42 Å². The summed E-state index contributed by atoms with van der Waals surface area (Å²) in [5.41, 5.74) is 3.17. The zero-order valence-electron chi connectivity index (χ0n) is 5.62. The SMILES string of the molecule is C1=CN=C(N2CCCN2)[N]1. The molecule has 0 spiro atoms. The second-order valence-electron chi connectivity index (χ2n) is 2.27. The second-order valence-corrected chi connectivity index (χ2v) is 2.27. The van der Waals surface area contributed by atoms with Crippen LogP contribution in [0, 0.1) is 0 Å². The van der Waals surface area contributed by atoms with Gasteiger partial charge in [-0.25, -0.2) is 15.7 Å². The molecular weight excluding hydrogens is 128 g/mol. The summed E-state index contributed by atoms with van der Waals surface area (Å²) in [4.78, 5) is 4.05. The number of nitrogens with zero attached hydrogens (tertiary/aromatic N) is 3. The van der Waals surface area contributed by atoms with E-state index in [9.17, 15) is 0 Å².